The maximum atomic E-state index is 13.2. The predicted molar refractivity (Wildman–Crippen MR) is 103 cm³/mol. The van der Waals surface area contributed by atoms with Gasteiger partial charge in [0.15, 0.2) is 0 Å². The molecule has 2 bridgehead atoms. The van der Waals surface area contributed by atoms with Crippen LogP contribution in [0.4, 0.5) is 4.39 Å². The van der Waals surface area contributed by atoms with Crippen LogP contribution in [-0.2, 0) is 14.3 Å². The Labute approximate surface area is 165 Å². The fraction of sp³-hybridized carbons (Fsp3) is 0.600. The standard InChI is InChI=1S/C20H27FN2O3.ClH/c1-26-18(24)11-17(12-5-7-16(21)8-6-12)23-20(25)15-9-13-3-2-4-14(10-15)19(13)22;/h5-8,13-15,17,19H,2-4,9-11,22H2,1H3,(H,23,25);1H. The van der Waals surface area contributed by atoms with E-state index in [-0.39, 0.29) is 42.5 Å². The van der Waals surface area contributed by atoms with Crippen LogP contribution < -0.4 is 11.1 Å². The van der Waals surface area contributed by atoms with Crippen molar-refractivity contribution < 1.29 is 18.7 Å². The monoisotopic (exact) mass is 398 g/mol. The zero-order valence-corrected chi connectivity index (χ0v) is 16.3. The summed E-state index contributed by atoms with van der Waals surface area (Å²) < 4.78 is 18.0. The molecule has 1 aromatic carbocycles. The quantitative estimate of drug-likeness (QED) is 0.746. The number of esters is 1. The van der Waals surface area contributed by atoms with Gasteiger partial charge in [-0.2, -0.15) is 0 Å². The minimum absolute atomic E-state index is 0. The number of hydrogen-bond donors (Lipinski definition) is 2. The maximum Gasteiger partial charge on any atom is 0.307 e. The van der Waals surface area contributed by atoms with Crippen molar-refractivity contribution in [2.24, 2.45) is 23.5 Å². The Bertz CT molecular complexity index is 641. The van der Waals surface area contributed by atoms with Gasteiger partial charge in [0.2, 0.25) is 5.91 Å². The van der Waals surface area contributed by atoms with E-state index in [1.807, 2.05) is 0 Å². The van der Waals surface area contributed by atoms with Gasteiger partial charge in [-0.05, 0) is 55.2 Å². The number of rotatable bonds is 5. The van der Waals surface area contributed by atoms with E-state index < -0.39 is 12.0 Å². The molecule has 7 heteroatoms. The van der Waals surface area contributed by atoms with Gasteiger partial charge in [0, 0.05) is 12.0 Å². The highest BCUT2D eigenvalue weighted by atomic mass is 35.5. The molecule has 0 saturated heterocycles. The van der Waals surface area contributed by atoms with Gasteiger partial charge in [-0.3, -0.25) is 9.59 Å². The molecule has 27 heavy (non-hydrogen) atoms. The van der Waals surface area contributed by atoms with Gasteiger partial charge >= 0.3 is 5.97 Å². The second-order valence-corrected chi connectivity index (χ2v) is 7.59. The largest absolute Gasteiger partial charge is 0.469 e. The Hall–Kier alpha value is -1.66. The van der Waals surface area contributed by atoms with E-state index in [4.69, 9.17) is 10.5 Å². The van der Waals surface area contributed by atoms with Gasteiger partial charge in [0.1, 0.15) is 5.82 Å². The summed E-state index contributed by atoms with van der Waals surface area (Å²) in [6.45, 7) is 0. The predicted octanol–water partition coefficient (Wildman–Crippen LogP) is 3.12. The van der Waals surface area contributed by atoms with Crippen LogP contribution in [0.3, 0.4) is 0 Å². The Morgan fingerprint density at radius 2 is 1.81 bits per heavy atom. The molecule has 1 amide bonds. The average Bonchev–Trinajstić information content (AvgIpc) is 2.61. The summed E-state index contributed by atoms with van der Waals surface area (Å²) in [6.07, 6.45) is 5.00. The molecule has 0 aromatic heterocycles. The minimum atomic E-state index is -0.522. The number of nitrogens with one attached hydrogen (secondary N) is 1. The summed E-state index contributed by atoms with van der Waals surface area (Å²) in [5.74, 6) is -0.0860. The molecule has 2 aliphatic rings. The lowest BCUT2D eigenvalue weighted by molar-refractivity contribution is -0.141. The van der Waals surface area contributed by atoms with Gasteiger partial charge in [0.25, 0.3) is 0 Å². The first kappa shape index (κ1) is 21.6. The molecule has 3 unspecified atom stereocenters. The number of nitrogens with two attached hydrogens (primary N) is 1. The molecule has 1 aromatic rings. The molecule has 0 spiro atoms. The molecule has 5 nitrogen and oxygen atoms in total. The summed E-state index contributed by atoms with van der Waals surface area (Å²) in [4.78, 5) is 24.6. The number of benzene rings is 1. The molecule has 3 atom stereocenters. The number of hydrogen-bond acceptors (Lipinski definition) is 4. The highest BCUT2D eigenvalue weighted by Crippen LogP contribution is 2.42. The molecular weight excluding hydrogens is 371 g/mol. The molecule has 0 heterocycles. The van der Waals surface area contributed by atoms with Crippen LogP contribution in [0.15, 0.2) is 24.3 Å². The zero-order valence-electron chi connectivity index (χ0n) is 15.5. The van der Waals surface area contributed by atoms with Gasteiger partial charge in [-0.15, -0.1) is 12.4 Å². The van der Waals surface area contributed by atoms with Crippen molar-refractivity contribution in [2.45, 2.75) is 50.6 Å². The second-order valence-electron chi connectivity index (χ2n) is 7.59. The fourth-order valence-corrected chi connectivity index (χ4v) is 4.49. The van der Waals surface area contributed by atoms with Gasteiger partial charge in [-0.1, -0.05) is 18.6 Å². The van der Waals surface area contributed by atoms with Crippen LogP contribution in [0.25, 0.3) is 0 Å². The third kappa shape index (κ3) is 5.20. The summed E-state index contributed by atoms with van der Waals surface area (Å²) >= 11 is 0. The van der Waals surface area contributed by atoms with Gasteiger partial charge in [0.05, 0.1) is 19.6 Å². The SMILES string of the molecule is COC(=O)CC(NC(=O)C1CC2CCCC(C1)C2N)c1ccc(F)cc1.Cl. The smallest absolute Gasteiger partial charge is 0.307 e. The first-order valence-corrected chi connectivity index (χ1v) is 9.36. The summed E-state index contributed by atoms with van der Waals surface area (Å²) in [6, 6.07) is 5.52. The Balaban J connectivity index is 0.00000261. The maximum absolute atomic E-state index is 13.2. The van der Waals surface area contributed by atoms with Crippen molar-refractivity contribution in [3.8, 4) is 0 Å². The van der Waals surface area contributed by atoms with Crippen molar-refractivity contribution >= 4 is 24.3 Å². The van der Waals surface area contributed by atoms with E-state index in [1.54, 1.807) is 12.1 Å². The number of amides is 1. The summed E-state index contributed by atoms with van der Waals surface area (Å²) in [5, 5.41) is 2.99. The number of carbonyl (C=O) groups excluding carboxylic acids is 2. The molecule has 2 aliphatic carbocycles. The Kier molecular flexibility index (Phi) is 7.62. The molecule has 2 saturated carbocycles. The lowest BCUT2D eigenvalue weighted by Gasteiger charge is -2.43. The number of halogens is 2. The molecule has 3 N–H and O–H groups in total. The Morgan fingerprint density at radius 1 is 1.22 bits per heavy atom. The van der Waals surface area contributed by atoms with Crippen LogP contribution in [0.5, 0.6) is 0 Å². The topological polar surface area (TPSA) is 81.4 Å². The van der Waals surface area contributed by atoms with E-state index in [0.717, 1.165) is 25.7 Å². The zero-order chi connectivity index (χ0) is 18.7. The molecule has 150 valence electrons. The highest BCUT2D eigenvalue weighted by Gasteiger charge is 2.40. The Morgan fingerprint density at radius 3 is 2.37 bits per heavy atom. The molecule has 3 rings (SSSR count). The fourth-order valence-electron chi connectivity index (χ4n) is 4.49. The van der Waals surface area contributed by atoms with Gasteiger partial charge in [-0.25, -0.2) is 4.39 Å². The van der Waals surface area contributed by atoms with Gasteiger partial charge < -0.3 is 15.8 Å². The first-order chi connectivity index (χ1) is 12.5. The van der Waals surface area contributed by atoms with Crippen molar-refractivity contribution in [2.75, 3.05) is 7.11 Å². The van der Waals surface area contributed by atoms with E-state index in [0.29, 0.717) is 17.4 Å². The number of fused-ring (bicyclic) bond motifs is 2. The number of carbonyl (C=O) groups is 2. The van der Waals surface area contributed by atoms with E-state index in [2.05, 4.69) is 5.32 Å². The van der Waals surface area contributed by atoms with Crippen LogP contribution in [0, 0.1) is 23.6 Å². The number of ether oxygens (including phenoxy) is 1. The van der Waals surface area contributed by atoms with Crippen molar-refractivity contribution in [1.29, 1.82) is 0 Å². The average molecular weight is 399 g/mol. The van der Waals surface area contributed by atoms with Crippen LogP contribution in [0.2, 0.25) is 0 Å². The van der Waals surface area contributed by atoms with E-state index >= 15 is 0 Å². The van der Waals surface area contributed by atoms with Crippen molar-refractivity contribution in [3.63, 3.8) is 0 Å². The normalized spacial score (nSPS) is 27.8. The highest BCUT2D eigenvalue weighted by molar-refractivity contribution is 5.85. The summed E-state index contributed by atoms with van der Waals surface area (Å²) in [7, 11) is 1.32. The second kappa shape index (κ2) is 9.51. The van der Waals surface area contributed by atoms with Crippen LogP contribution in [-0.4, -0.2) is 25.0 Å². The lowest BCUT2D eigenvalue weighted by Crippen LogP contribution is -2.49. The summed E-state index contributed by atoms with van der Waals surface area (Å²) in [5.41, 5.74) is 7.00. The minimum Gasteiger partial charge on any atom is -0.469 e. The molecular formula is C20H28ClFN2O3. The lowest BCUT2D eigenvalue weighted by atomic mass is 9.65. The van der Waals surface area contributed by atoms with Crippen molar-refractivity contribution in [3.05, 3.63) is 35.6 Å². The molecule has 0 radical (unpaired) electrons. The third-order valence-electron chi connectivity index (χ3n) is 5.97. The first-order valence-electron chi connectivity index (χ1n) is 9.36. The molecule has 0 aliphatic heterocycles. The molecule has 2 fully saturated rings. The van der Waals surface area contributed by atoms with Crippen LogP contribution in [0.1, 0.15) is 50.1 Å². The van der Waals surface area contributed by atoms with Crippen molar-refractivity contribution in [1.82, 2.24) is 5.32 Å². The van der Waals surface area contributed by atoms with E-state index in [9.17, 15) is 14.0 Å². The van der Waals surface area contributed by atoms with E-state index in [1.165, 1.54) is 25.7 Å². The number of methoxy groups -OCH3 is 1. The third-order valence-corrected chi connectivity index (χ3v) is 5.97. The van der Waals surface area contributed by atoms with Crippen LogP contribution >= 0.6 is 12.4 Å².